The molecule has 3 aromatic rings. The van der Waals surface area contributed by atoms with Crippen molar-refractivity contribution in [1.82, 2.24) is 0 Å². The highest BCUT2D eigenvalue weighted by molar-refractivity contribution is 7.85. The highest BCUT2D eigenvalue weighted by atomic mass is 31.2. The van der Waals surface area contributed by atoms with Gasteiger partial charge in [0.1, 0.15) is 0 Å². The van der Waals surface area contributed by atoms with Gasteiger partial charge in [-0.3, -0.25) is 0 Å². The molecule has 0 saturated heterocycles. The van der Waals surface area contributed by atoms with Crippen LogP contribution in [0.1, 0.15) is 12.8 Å². The van der Waals surface area contributed by atoms with Gasteiger partial charge in [-0.05, 0) is 42.9 Å². The number of rotatable bonds is 4. The van der Waals surface area contributed by atoms with Crippen LogP contribution in [0.3, 0.4) is 0 Å². The Bertz CT molecular complexity index is 1110. The highest BCUT2D eigenvalue weighted by Gasteiger charge is 2.45. The van der Waals surface area contributed by atoms with Crippen molar-refractivity contribution in [1.29, 1.82) is 0 Å². The standard InChI is InChI=1S/C26H23O3P/c27-30(20-7-3-1-4-8-20,21-9-5-2-6-10-21)22-13-14-24-25(17-22)29-26(28-24)23-16-18-11-12-19(23)15-18/h1-14,17-19,23,26H,15-16H2. The Balaban J connectivity index is 1.39. The van der Waals surface area contributed by atoms with Crippen molar-refractivity contribution in [2.45, 2.75) is 19.1 Å². The third-order valence-electron chi connectivity index (χ3n) is 6.70. The van der Waals surface area contributed by atoms with E-state index < -0.39 is 7.14 Å². The molecule has 3 aromatic carbocycles. The Kier molecular flexibility index (Phi) is 4.14. The molecule has 150 valence electrons. The number of allylic oxidation sites excluding steroid dienone is 2. The zero-order chi connectivity index (χ0) is 20.1. The van der Waals surface area contributed by atoms with Crippen molar-refractivity contribution in [2.24, 2.45) is 17.8 Å². The minimum absolute atomic E-state index is 0.247. The molecule has 0 radical (unpaired) electrons. The Morgan fingerprint density at radius 2 is 1.37 bits per heavy atom. The largest absolute Gasteiger partial charge is 0.451 e. The average molecular weight is 414 g/mol. The van der Waals surface area contributed by atoms with Crippen molar-refractivity contribution in [3.05, 3.63) is 91.0 Å². The smallest absolute Gasteiger partial charge is 0.244 e. The SMILES string of the molecule is O=P(c1ccccc1)(c1ccccc1)c1ccc2c(c1)OC(C1CC3C=CC1C3)O2. The van der Waals surface area contributed by atoms with E-state index in [-0.39, 0.29) is 6.29 Å². The summed E-state index contributed by atoms with van der Waals surface area (Å²) in [5.41, 5.74) is 0. The van der Waals surface area contributed by atoms with Crippen LogP contribution in [0.25, 0.3) is 0 Å². The van der Waals surface area contributed by atoms with Gasteiger partial charge in [-0.1, -0.05) is 72.8 Å². The van der Waals surface area contributed by atoms with E-state index in [4.69, 9.17) is 9.47 Å². The van der Waals surface area contributed by atoms with Gasteiger partial charge in [0, 0.05) is 21.8 Å². The summed E-state index contributed by atoms with van der Waals surface area (Å²) in [7, 11) is -3.01. The Hall–Kier alpha value is -2.77. The van der Waals surface area contributed by atoms with Crippen LogP contribution in [0, 0.1) is 17.8 Å². The van der Waals surface area contributed by atoms with E-state index in [0.29, 0.717) is 23.5 Å². The molecule has 4 heteroatoms. The highest BCUT2D eigenvalue weighted by Crippen LogP contribution is 2.50. The van der Waals surface area contributed by atoms with Crippen LogP contribution < -0.4 is 25.4 Å². The van der Waals surface area contributed by atoms with Gasteiger partial charge in [0.15, 0.2) is 18.6 Å². The number of fused-ring (bicyclic) bond motifs is 3. The van der Waals surface area contributed by atoms with E-state index in [2.05, 4.69) is 12.2 Å². The molecule has 4 atom stereocenters. The van der Waals surface area contributed by atoms with Crippen molar-refractivity contribution in [3.8, 4) is 11.5 Å². The first-order valence-corrected chi connectivity index (χ1v) is 12.3. The normalized spacial score (nSPS) is 26.3. The monoisotopic (exact) mass is 414 g/mol. The quantitative estimate of drug-likeness (QED) is 0.461. The summed E-state index contributed by atoms with van der Waals surface area (Å²) < 4.78 is 27.0. The Morgan fingerprint density at radius 3 is 1.97 bits per heavy atom. The van der Waals surface area contributed by atoms with Gasteiger partial charge in [-0.2, -0.15) is 0 Å². The molecule has 1 heterocycles. The fourth-order valence-corrected chi connectivity index (χ4v) is 7.85. The van der Waals surface area contributed by atoms with E-state index in [0.717, 1.165) is 28.1 Å². The molecule has 0 spiro atoms. The average Bonchev–Trinajstić information content (AvgIpc) is 3.54. The van der Waals surface area contributed by atoms with Crippen molar-refractivity contribution in [2.75, 3.05) is 0 Å². The second-order valence-corrected chi connectivity index (χ2v) is 11.2. The lowest BCUT2D eigenvalue weighted by Gasteiger charge is -2.23. The van der Waals surface area contributed by atoms with Gasteiger partial charge < -0.3 is 14.0 Å². The summed E-state index contributed by atoms with van der Waals surface area (Å²) in [4.78, 5) is 0. The molecule has 30 heavy (non-hydrogen) atoms. The summed E-state index contributed by atoms with van der Waals surface area (Å²) in [5, 5.41) is 2.42. The third-order valence-corrected chi connectivity index (χ3v) is 9.75. The molecule has 6 rings (SSSR count). The summed E-state index contributed by atoms with van der Waals surface area (Å²) in [6.07, 6.45) is 6.74. The molecule has 1 aliphatic heterocycles. The van der Waals surface area contributed by atoms with Gasteiger partial charge in [-0.15, -0.1) is 0 Å². The topological polar surface area (TPSA) is 35.5 Å². The van der Waals surface area contributed by atoms with Crippen LogP contribution >= 0.6 is 7.14 Å². The van der Waals surface area contributed by atoms with Gasteiger partial charge in [0.25, 0.3) is 0 Å². The van der Waals surface area contributed by atoms with Gasteiger partial charge in [0.05, 0.1) is 0 Å². The molecule has 3 nitrogen and oxygen atoms in total. The number of hydrogen-bond donors (Lipinski definition) is 0. The first kappa shape index (κ1) is 18.0. The predicted octanol–water partition coefficient (Wildman–Crippen LogP) is 4.64. The molecule has 3 aliphatic rings. The number of benzene rings is 3. The maximum Gasteiger partial charge on any atom is 0.244 e. The van der Waals surface area contributed by atoms with E-state index in [1.807, 2.05) is 78.9 Å². The maximum atomic E-state index is 14.6. The van der Waals surface area contributed by atoms with Gasteiger partial charge in [0.2, 0.25) is 6.29 Å². The van der Waals surface area contributed by atoms with Crippen LogP contribution in [-0.2, 0) is 4.57 Å². The molecule has 1 fully saturated rings. The van der Waals surface area contributed by atoms with Gasteiger partial charge in [-0.25, -0.2) is 0 Å². The molecule has 1 saturated carbocycles. The molecular formula is C26H23O3P. The second kappa shape index (κ2) is 6.89. The van der Waals surface area contributed by atoms with Crippen LogP contribution in [0.4, 0.5) is 0 Å². The maximum absolute atomic E-state index is 14.6. The van der Waals surface area contributed by atoms with Crippen LogP contribution in [-0.4, -0.2) is 6.29 Å². The molecule has 2 bridgehead atoms. The Labute approximate surface area is 176 Å². The molecular weight excluding hydrogens is 391 g/mol. The third kappa shape index (κ3) is 2.76. The first-order chi connectivity index (χ1) is 14.7. The van der Waals surface area contributed by atoms with Crippen molar-refractivity contribution < 1.29 is 14.0 Å². The summed E-state index contributed by atoms with van der Waals surface area (Å²) in [6.45, 7) is 0. The molecule has 2 aliphatic carbocycles. The van der Waals surface area contributed by atoms with Crippen LogP contribution in [0.2, 0.25) is 0 Å². The lowest BCUT2D eigenvalue weighted by atomic mass is 9.93. The summed E-state index contributed by atoms with van der Waals surface area (Å²) in [5.74, 6) is 3.07. The number of ether oxygens (including phenoxy) is 2. The molecule has 0 N–H and O–H groups in total. The van der Waals surface area contributed by atoms with Gasteiger partial charge >= 0.3 is 0 Å². The van der Waals surface area contributed by atoms with Crippen molar-refractivity contribution in [3.63, 3.8) is 0 Å². The van der Waals surface area contributed by atoms with Crippen molar-refractivity contribution >= 4 is 23.1 Å². The lowest BCUT2D eigenvalue weighted by molar-refractivity contribution is -0.0134. The van der Waals surface area contributed by atoms with Crippen LogP contribution in [0.5, 0.6) is 11.5 Å². The Morgan fingerprint density at radius 1 is 0.700 bits per heavy atom. The van der Waals surface area contributed by atoms with Crippen LogP contribution in [0.15, 0.2) is 91.0 Å². The van der Waals surface area contributed by atoms with E-state index in [9.17, 15) is 4.57 Å². The zero-order valence-corrected chi connectivity index (χ0v) is 17.5. The van der Waals surface area contributed by atoms with E-state index in [1.165, 1.54) is 6.42 Å². The minimum Gasteiger partial charge on any atom is -0.451 e. The zero-order valence-electron chi connectivity index (χ0n) is 16.6. The summed E-state index contributed by atoms with van der Waals surface area (Å²) in [6, 6.07) is 25.2. The fourth-order valence-electron chi connectivity index (χ4n) is 5.19. The summed E-state index contributed by atoms with van der Waals surface area (Å²) >= 11 is 0. The fraction of sp³-hybridized carbons (Fsp3) is 0.231. The second-order valence-electron chi connectivity index (χ2n) is 8.46. The molecule has 0 amide bonds. The first-order valence-electron chi connectivity index (χ1n) is 10.6. The predicted molar refractivity (Wildman–Crippen MR) is 120 cm³/mol. The van der Waals surface area contributed by atoms with E-state index in [1.54, 1.807) is 0 Å². The lowest BCUT2D eigenvalue weighted by Crippen LogP contribution is -2.31. The molecule has 4 unspecified atom stereocenters. The molecule has 0 aromatic heterocycles. The van der Waals surface area contributed by atoms with E-state index >= 15 is 0 Å². The number of hydrogen-bond acceptors (Lipinski definition) is 3. The minimum atomic E-state index is -3.01.